The second-order valence-corrected chi connectivity index (χ2v) is 10.8. The first-order valence-corrected chi connectivity index (χ1v) is 15.4. The van der Waals surface area contributed by atoms with Crippen LogP contribution in [-0.4, -0.2) is 5.54 Å². The maximum absolute atomic E-state index is 4.06. The molecule has 36 heavy (non-hydrogen) atoms. The maximum atomic E-state index is 4.06. The Morgan fingerprint density at radius 3 is 1.36 bits per heavy atom. The molecule has 0 saturated carbocycles. The van der Waals surface area contributed by atoms with Crippen LogP contribution in [0.3, 0.4) is 0 Å². The van der Waals surface area contributed by atoms with Crippen molar-refractivity contribution in [2.45, 2.75) is 178 Å². The Bertz CT molecular complexity index is 511. The van der Waals surface area contributed by atoms with E-state index in [-0.39, 0.29) is 0 Å². The number of rotatable bonds is 17. The molecular formula is C35H71N. The quantitative estimate of drug-likeness (QED) is 0.118. The summed E-state index contributed by atoms with van der Waals surface area (Å²) < 4.78 is 0. The van der Waals surface area contributed by atoms with Crippen molar-refractivity contribution < 1.29 is 0 Å². The highest BCUT2D eigenvalue weighted by Gasteiger charge is 2.25. The van der Waals surface area contributed by atoms with Gasteiger partial charge in [-0.2, -0.15) is 0 Å². The van der Waals surface area contributed by atoms with Crippen LogP contribution in [0, 0.1) is 0 Å². The van der Waals surface area contributed by atoms with Gasteiger partial charge in [0.1, 0.15) is 0 Å². The average molecular weight is 506 g/mol. The lowest BCUT2D eigenvalue weighted by atomic mass is 9.85. The van der Waals surface area contributed by atoms with Crippen molar-refractivity contribution in [2.24, 2.45) is 0 Å². The molecule has 0 aliphatic rings. The number of unbranched alkanes of at least 4 members (excludes halogenated alkanes) is 6. The molecule has 0 aromatic rings. The predicted molar refractivity (Wildman–Crippen MR) is 173 cm³/mol. The minimum absolute atomic E-state index is 0.316. The molecule has 216 valence electrons. The minimum Gasteiger partial charge on any atom is -0.383 e. The van der Waals surface area contributed by atoms with Gasteiger partial charge in [-0.25, -0.2) is 0 Å². The van der Waals surface area contributed by atoms with Crippen molar-refractivity contribution in [2.75, 3.05) is 0 Å². The van der Waals surface area contributed by atoms with Crippen LogP contribution in [0.1, 0.15) is 172 Å². The van der Waals surface area contributed by atoms with Crippen LogP contribution in [0.25, 0.3) is 0 Å². The molecule has 1 N–H and O–H groups in total. The zero-order valence-electron chi connectivity index (χ0n) is 27.3. The van der Waals surface area contributed by atoms with Crippen molar-refractivity contribution >= 4 is 0 Å². The van der Waals surface area contributed by atoms with Crippen LogP contribution >= 0.6 is 0 Å². The Morgan fingerprint density at radius 1 is 0.639 bits per heavy atom. The van der Waals surface area contributed by atoms with E-state index >= 15 is 0 Å². The molecule has 0 rings (SSSR count). The summed E-state index contributed by atoms with van der Waals surface area (Å²) in [5.74, 6) is 0. The fourth-order valence-electron chi connectivity index (χ4n) is 3.99. The maximum Gasteiger partial charge on any atom is 0.0367 e. The average Bonchev–Trinajstić information content (AvgIpc) is 2.80. The Morgan fingerprint density at radius 2 is 1.11 bits per heavy atom. The minimum atomic E-state index is 0.316. The van der Waals surface area contributed by atoms with Gasteiger partial charge in [-0.05, 0) is 66.2 Å². The predicted octanol–water partition coefficient (Wildman–Crippen LogP) is 12.9. The van der Waals surface area contributed by atoms with Gasteiger partial charge in [-0.1, -0.05) is 142 Å². The fraction of sp³-hybridized carbons (Fsp3) is 0.771. The third kappa shape index (κ3) is 37.3. The van der Waals surface area contributed by atoms with Gasteiger partial charge in [0, 0.05) is 11.2 Å². The monoisotopic (exact) mass is 506 g/mol. The van der Waals surface area contributed by atoms with E-state index in [9.17, 15) is 0 Å². The number of allylic oxidation sites excluding steroid dienone is 5. The summed E-state index contributed by atoms with van der Waals surface area (Å²) in [5, 5.41) is 3.64. The van der Waals surface area contributed by atoms with E-state index in [1.54, 1.807) is 0 Å². The van der Waals surface area contributed by atoms with Gasteiger partial charge in [0.05, 0.1) is 0 Å². The standard InChI is InChI=1S/C13H27N.C10H20.C7H12.C5H12/c1-6-10-13(9-4,11-7-2)14-12(5)8-3;1-4-5-6-7-8-9-10(2)3;1-6(2)5-7(3)4;1-3-5-4-2/h14H,5-11H2,1-4H3;2,4-9H2,1,3H3;5H,1H2,2-4H3;3-5H2,1-2H3. The molecule has 0 aromatic carbocycles. The zero-order valence-corrected chi connectivity index (χ0v) is 27.3. The van der Waals surface area contributed by atoms with Gasteiger partial charge >= 0.3 is 0 Å². The molecule has 1 heteroatoms. The molecule has 0 atom stereocenters. The molecule has 0 unspecified atom stereocenters. The van der Waals surface area contributed by atoms with E-state index < -0.39 is 0 Å². The Kier molecular flexibility index (Phi) is 37.0. The third-order valence-electron chi connectivity index (χ3n) is 5.95. The number of nitrogens with one attached hydrogen (secondary N) is 1. The molecule has 0 aromatic heterocycles. The smallest absolute Gasteiger partial charge is 0.0367 e. The lowest BCUT2D eigenvalue weighted by Crippen LogP contribution is -2.43. The van der Waals surface area contributed by atoms with Gasteiger partial charge in [0.25, 0.3) is 0 Å². The lowest BCUT2D eigenvalue weighted by Gasteiger charge is -2.35. The summed E-state index contributed by atoms with van der Waals surface area (Å²) in [5.41, 5.74) is 5.27. The summed E-state index contributed by atoms with van der Waals surface area (Å²) >= 11 is 0. The normalized spacial score (nSPS) is 9.86. The first-order valence-electron chi connectivity index (χ1n) is 15.4. The van der Waals surface area contributed by atoms with Gasteiger partial charge in [0.15, 0.2) is 0 Å². The number of hydrogen-bond donors (Lipinski definition) is 1. The molecule has 0 saturated heterocycles. The molecule has 0 bridgehead atoms. The van der Waals surface area contributed by atoms with Crippen LogP contribution in [-0.2, 0) is 0 Å². The van der Waals surface area contributed by atoms with Gasteiger partial charge in [-0.3, -0.25) is 0 Å². The highest BCUT2D eigenvalue weighted by molar-refractivity contribution is 5.15. The molecule has 0 aliphatic carbocycles. The highest BCUT2D eigenvalue weighted by Crippen LogP contribution is 2.25. The Balaban J connectivity index is -0.000000204. The summed E-state index contributed by atoms with van der Waals surface area (Å²) in [7, 11) is 0. The van der Waals surface area contributed by atoms with Crippen molar-refractivity contribution in [3.8, 4) is 0 Å². The van der Waals surface area contributed by atoms with Crippen molar-refractivity contribution in [3.05, 3.63) is 48.2 Å². The molecule has 0 fully saturated rings. The SMILES string of the molecule is C=C(C)C=C(C)C.C=C(C)CCCCCCC.C=C(CC)NC(CC)(CCC)CCC.CCCCC. The van der Waals surface area contributed by atoms with Crippen molar-refractivity contribution in [1.29, 1.82) is 0 Å². The molecule has 0 amide bonds. The largest absolute Gasteiger partial charge is 0.383 e. The number of hydrogen-bond acceptors (Lipinski definition) is 1. The van der Waals surface area contributed by atoms with E-state index in [1.807, 2.05) is 6.92 Å². The Labute approximate surface area is 231 Å². The first kappa shape index (κ1) is 41.9. The second kappa shape index (κ2) is 31.8. The summed E-state index contributed by atoms with van der Waals surface area (Å²) in [6.07, 6.45) is 21.5. The van der Waals surface area contributed by atoms with Crippen molar-refractivity contribution in [1.82, 2.24) is 5.32 Å². The topological polar surface area (TPSA) is 12.0 Å². The van der Waals surface area contributed by atoms with Gasteiger partial charge in [0.2, 0.25) is 0 Å². The van der Waals surface area contributed by atoms with Crippen LogP contribution < -0.4 is 5.32 Å². The van der Waals surface area contributed by atoms with E-state index in [1.165, 1.54) is 107 Å². The molecule has 0 spiro atoms. The molecular weight excluding hydrogens is 434 g/mol. The summed E-state index contributed by atoms with van der Waals surface area (Å²) in [6, 6.07) is 0. The van der Waals surface area contributed by atoms with Crippen LogP contribution in [0.2, 0.25) is 0 Å². The van der Waals surface area contributed by atoms with E-state index in [0.29, 0.717) is 5.54 Å². The second-order valence-electron chi connectivity index (χ2n) is 10.8. The van der Waals surface area contributed by atoms with Gasteiger partial charge in [-0.15, -0.1) is 6.58 Å². The lowest BCUT2D eigenvalue weighted by molar-refractivity contribution is 0.286. The van der Waals surface area contributed by atoms with Gasteiger partial charge < -0.3 is 5.32 Å². The van der Waals surface area contributed by atoms with E-state index in [0.717, 1.165) is 12.0 Å². The fourth-order valence-corrected chi connectivity index (χ4v) is 3.99. The first-order chi connectivity index (χ1) is 16.9. The van der Waals surface area contributed by atoms with Crippen LogP contribution in [0.15, 0.2) is 48.2 Å². The zero-order chi connectivity index (χ0) is 28.8. The highest BCUT2D eigenvalue weighted by atomic mass is 15.0. The summed E-state index contributed by atoms with van der Waals surface area (Å²) in [4.78, 5) is 0. The Hall–Kier alpha value is -1.24. The van der Waals surface area contributed by atoms with E-state index in [4.69, 9.17) is 0 Å². The molecule has 0 heterocycles. The van der Waals surface area contributed by atoms with Crippen LogP contribution in [0.4, 0.5) is 0 Å². The van der Waals surface area contributed by atoms with Crippen molar-refractivity contribution in [3.63, 3.8) is 0 Å². The third-order valence-corrected chi connectivity index (χ3v) is 5.95. The summed E-state index contributed by atoms with van der Waals surface area (Å²) in [6.45, 7) is 35.5. The molecule has 0 aliphatic heterocycles. The molecule has 0 radical (unpaired) electrons. The molecule has 1 nitrogen and oxygen atoms in total. The van der Waals surface area contributed by atoms with E-state index in [2.05, 4.69) is 100 Å². The van der Waals surface area contributed by atoms with Crippen LogP contribution in [0.5, 0.6) is 0 Å².